The first kappa shape index (κ1) is 17.4. The Balaban J connectivity index is 3.40. The molecule has 0 aromatic heterocycles. The second kappa shape index (κ2) is 11.5. The van der Waals surface area contributed by atoms with Gasteiger partial charge in [0.15, 0.2) is 6.10 Å². The third-order valence-corrected chi connectivity index (χ3v) is 3.16. The predicted molar refractivity (Wildman–Crippen MR) is 71.3 cm³/mol. The van der Waals surface area contributed by atoms with Crippen LogP contribution in [0.4, 0.5) is 0 Å². The highest BCUT2D eigenvalue weighted by Crippen LogP contribution is 2.12. The number of aliphatic hydroxyl groups excluding tert-OH is 2. The normalized spacial score (nSPS) is 14.2. The van der Waals surface area contributed by atoms with Crippen molar-refractivity contribution in [3.63, 3.8) is 0 Å². The van der Waals surface area contributed by atoms with Gasteiger partial charge in [0.1, 0.15) is 0 Å². The largest absolute Gasteiger partial charge is 0.467 e. The Morgan fingerprint density at radius 2 is 1.50 bits per heavy atom. The van der Waals surface area contributed by atoms with Crippen LogP contribution in [0.1, 0.15) is 64.7 Å². The number of methoxy groups -OCH3 is 1. The molecule has 0 aromatic carbocycles. The molecule has 0 spiro atoms. The van der Waals surface area contributed by atoms with Crippen LogP contribution in [-0.4, -0.2) is 35.5 Å². The first-order valence-electron chi connectivity index (χ1n) is 7.07. The van der Waals surface area contributed by atoms with E-state index in [-0.39, 0.29) is 0 Å². The van der Waals surface area contributed by atoms with E-state index in [0.717, 1.165) is 19.3 Å². The Kier molecular flexibility index (Phi) is 11.1. The van der Waals surface area contributed by atoms with Gasteiger partial charge in [-0.05, 0) is 6.42 Å². The number of hydrogen-bond acceptors (Lipinski definition) is 4. The minimum atomic E-state index is -1.40. The van der Waals surface area contributed by atoms with E-state index < -0.39 is 18.2 Å². The van der Waals surface area contributed by atoms with Crippen molar-refractivity contribution in [1.82, 2.24) is 0 Å². The van der Waals surface area contributed by atoms with Gasteiger partial charge >= 0.3 is 5.97 Å². The van der Waals surface area contributed by atoms with Gasteiger partial charge in [-0.25, -0.2) is 4.79 Å². The average Bonchev–Trinajstić information content (AvgIpc) is 2.39. The molecule has 0 saturated heterocycles. The van der Waals surface area contributed by atoms with E-state index in [9.17, 15) is 15.0 Å². The zero-order valence-corrected chi connectivity index (χ0v) is 11.7. The molecular formula is C14H28O4. The smallest absolute Gasteiger partial charge is 0.337 e. The van der Waals surface area contributed by atoms with Crippen molar-refractivity contribution in [2.45, 2.75) is 76.9 Å². The van der Waals surface area contributed by atoms with Crippen molar-refractivity contribution in [3.05, 3.63) is 0 Å². The molecule has 0 fully saturated rings. The SMILES string of the molecule is CCCCCCCCCC[C@@H](O)[C@H](O)C(=O)OC. The molecule has 0 rings (SSSR count). The Hall–Kier alpha value is -0.610. The number of hydrogen-bond donors (Lipinski definition) is 2. The van der Waals surface area contributed by atoms with E-state index >= 15 is 0 Å². The molecule has 2 atom stereocenters. The topological polar surface area (TPSA) is 66.8 Å². The fraction of sp³-hybridized carbons (Fsp3) is 0.929. The molecule has 108 valence electrons. The van der Waals surface area contributed by atoms with Gasteiger partial charge in [-0.3, -0.25) is 0 Å². The van der Waals surface area contributed by atoms with Gasteiger partial charge in [0.25, 0.3) is 0 Å². The van der Waals surface area contributed by atoms with E-state index in [4.69, 9.17) is 0 Å². The molecule has 0 aliphatic carbocycles. The highest BCUT2D eigenvalue weighted by Gasteiger charge is 2.24. The lowest BCUT2D eigenvalue weighted by atomic mass is 10.0. The summed E-state index contributed by atoms with van der Waals surface area (Å²) in [5.74, 6) is -0.762. The third-order valence-electron chi connectivity index (χ3n) is 3.16. The maximum Gasteiger partial charge on any atom is 0.337 e. The van der Waals surface area contributed by atoms with E-state index in [2.05, 4.69) is 11.7 Å². The maximum atomic E-state index is 11.0. The van der Waals surface area contributed by atoms with Crippen LogP contribution in [0.2, 0.25) is 0 Å². The van der Waals surface area contributed by atoms with Gasteiger partial charge in [0, 0.05) is 0 Å². The summed E-state index contributed by atoms with van der Waals surface area (Å²) in [5, 5.41) is 18.9. The zero-order chi connectivity index (χ0) is 13.8. The van der Waals surface area contributed by atoms with Gasteiger partial charge in [0.05, 0.1) is 13.2 Å². The molecule has 0 unspecified atom stereocenters. The van der Waals surface area contributed by atoms with E-state index in [0.29, 0.717) is 6.42 Å². The quantitative estimate of drug-likeness (QED) is 0.442. The van der Waals surface area contributed by atoms with Crippen LogP contribution in [-0.2, 0) is 9.53 Å². The van der Waals surface area contributed by atoms with E-state index in [1.165, 1.54) is 39.2 Å². The Morgan fingerprint density at radius 3 is 2.00 bits per heavy atom. The molecule has 0 heterocycles. The zero-order valence-electron chi connectivity index (χ0n) is 11.7. The van der Waals surface area contributed by atoms with Crippen LogP contribution in [0.15, 0.2) is 0 Å². The van der Waals surface area contributed by atoms with E-state index in [1.54, 1.807) is 0 Å². The standard InChI is InChI=1S/C14H28O4/c1-3-4-5-6-7-8-9-10-11-12(15)13(16)14(17)18-2/h12-13,15-16H,3-11H2,1-2H3/t12-,13+/m1/s1. The molecule has 0 bridgehead atoms. The number of rotatable bonds is 11. The number of carbonyl (C=O) groups excluding carboxylic acids is 1. The first-order chi connectivity index (χ1) is 8.63. The van der Waals surface area contributed by atoms with Crippen molar-refractivity contribution in [1.29, 1.82) is 0 Å². The van der Waals surface area contributed by atoms with Crippen LogP contribution in [0.3, 0.4) is 0 Å². The summed E-state index contributed by atoms with van der Waals surface area (Å²) >= 11 is 0. The van der Waals surface area contributed by atoms with Gasteiger partial charge in [-0.1, -0.05) is 58.3 Å². The number of unbranched alkanes of at least 4 members (excludes halogenated alkanes) is 7. The third kappa shape index (κ3) is 8.48. The number of carbonyl (C=O) groups is 1. The average molecular weight is 260 g/mol. The molecule has 0 amide bonds. The van der Waals surface area contributed by atoms with Crippen molar-refractivity contribution in [2.24, 2.45) is 0 Å². The molecule has 2 N–H and O–H groups in total. The van der Waals surface area contributed by atoms with Crippen molar-refractivity contribution >= 4 is 5.97 Å². The monoisotopic (exact) mass is 260 g/mol. The van der Waals surface area contributed by atoms with Crippen LogP contribution in [0, 0.1) is 0 Å². The summed E-state index contributed by atoms with van der Waals surface area (Å²) in [7, 11) is 1.20. The molecule has 4 heteroatoms. The minimum absolute atomic E-state index is 0.450. The summed E-state index contributed by atoms with van der Waals surface area (Å²) in [6.07, 6.45) is 7.46. The molecule has 4 nitrogen and oxygen atoms in total. The predicted octanol–water partition coefficient (Wildman–Crippen LogP) is 2.41. The molecule has 18 heavy (non-hydrogen) atoms. The fourth-order valence-electron chi connectivity index (χ4n) is 1.92. The number of aliphatic hydroxyl groups is 2. The summed E-state index contributed by atoms with van der Waals surface area (Å²) in [6, 6.07) is 0. The van der Waals surface area contributed by atoms with Crippen molar-refractivity contribution in [2.75, 3.05) is 7.11 Å². The Labute approximate surface area is 110 Å². The molecule has 0 aromatic rings. The van der Waals surface area contributed by atoms with Crippen LogP contribution in [0.25, 0.3) is 0 Å². The van der Waals surface area contributed by atoms with Crippen LogP contribution < -0.4 is 0 Å². The Morgan fingerprint density at radius 1 is 1.00 bits per heavy atom. The van der Waals surface area contributed by atoms with Gasteiger partial charge in [0.2, 0.25) is 0 Å². The number of esters is 1. The first-order valence-corrected chi connectivity index (χ1v) is 7.07. The van der Waals surface area contributed by atoms with Gasteiger partial charge in [-0.2, -0.15) is 0 Å². The van der Waals surface area contributed by atoms with Crippen LogP contribution >= 0.6 is 0 Å². The molecule has 0 radical (unpaired) electrons. The Bertz CT molecular complexity index is 206. The second-order valence-corrected chi connectivity index (χ2v) is 4.80. The molecule has 0 saturated carbocycles. The summed E-state index contributed by atoms with van der Waals surface area (Å²) < 4.78 is 4.37. The lowest BCUT2D eigenvalue weighted by Gasteiger charge is -2.15. The lowest BCUT2D eigenvalue weighted by Crippen LogP contribution is -2.34. The van der Waals surface area contributed by atoms with Crippen molar-refractivity contribution in [3.8, 4) is 0 Å². The van der Waals surface area contributed by atoms with Crippen LogP contribution in [0.5, 0.6) is 0 Å². The van der Waals surface area contributed by atoms with Gasteiger partial charge < -0.3 is 14.9 Å². The highest BCUT2D eigenvalue weighted by molar-refractivity contribution is 5.74. The summed E-state index contributed by atoms with van der Waals surface area (Å²) in [6.45, 7) is 2.20. The lowest BCUT2D eigenvalue weighted by molar-refractivity contribution is -0.156. The maximum absolute atomic E-state index is 11.0. The summed E-state index contributed by atoms with van der Waals surface area (Å²) in [5.41, 5.74) is 0. The van der Waals surface area contributed by atoms with Crippen molar-refractivity contribution < 1.29 is 19.7 Å². The minimum Gasteiger partial charge on any atom is -0.467 e. The molecule has 0 aliphatic heterocycles. The van der Waals surface area contributed by atoms with Gasteiger partial charge in [-0.15, -0.1) is 0 Å². The molecular weight excluding hydrogens is 232 g/mol. The molecule has 0 aliphatic rings. The summed E-state index contributed by atoms with van der Waals surface area (Å²) in [4.78, 5) is 11.0. The fourth-order valence-corrected chi connectivity index (χ4v) is 1.92. The number of ether oxygens (including phenoxy) is 1. The second-order valence-electron chi connectivity index (χ2n) is 4.80. The van der Waals surface area contributed by atoms with E-state index in [1.807, 2.05) is 0 Å². The highest BCUT2D eigenvalue weighted by atomic mass is 16.5.